The molecule has 0 amide bonds. The molecule has 0 atom stereocenters. The van der Waals surface area contributed by atoms with Crippen molar-refractivity contribution in [1.82, 2.24) is 9.55 Å². The maximum Gasteiger partial charge on any atom is 0.328 e. The topological polar surface area (TPSA) is 92.2 Å². The summed E-state index contributed by atoms with van der Waals surface area (Å²) in [5.41, 5.74) is 0.0558. The summed E-state index contributed by atoms with van der Waals surface area (Å²) in [4.78, 5) is 35.8. The van der Waals surface area contributed by atoms with Gasteiger partial charge in [0.15, 0.2) is 0 Å². The molecule has 0 saturated heterocycles. The van der Waals surface area contributed by atoms with Crippen molar-refractivity contribution in [2.45, 2.75) is 13.0 Å². The second-order valence-electron chi connectivity index (χ2n) is 4.10. The monoisotopic (exact) mass is 260 g/mol. The second-order valence-corrected chi connectivity index (χ2v) is 4.10. The van der Waals surface area contributed by atoms with Gasteiger partial charge in [-0.2, -0.15) is 0 Å². The van der Waals surface area contributed by atoms with Gasteiger partial charge < -0.3 is 5.11 Å². The number of H-pyrrole nitrogens is 1. The van der Waals surface area contributed by atoms with Crippen LogP contribution in [-0.4, -0.2) is 20.6 Å². The van der Waals surface area contributed by atoms with Crippen LogP contribution < -0.4 is 11.2 Å². The predicted molar refractivity (Wildman–Crippen MR) is 68.2 cm³/mol. The number of rotatable bonds is 4. The maximum atomic E-state index is 11.7. The van der Waals surface area contributed by atoms with Crippen LogP contribution in [0.15, 0.2) is 46.1 Å². The minimum absolute atomic E-state index is 0.343. The average Bonchev–Trinajstić information content (AvgIpc) is 2.36. The molecule has 1 heterocycles. The first kappa shape index (κ1) is 12.8. The van der Waals surface area contributed by atoms with Gasteiger partial charge in [0.05, 0.1) is 0 Å². The molecule has 0 spiro atoms. The van der Waals surface area contributed by atoms with Crippen molar-refractivity contribution in [3.05, 3.63) is 68.5 Å². The first-order chi connectivity index (χ1) is 9.06. The maximum absolute atomic E-state index is 11.7. The van der Waals surface area contributed by atoms with Gasteiger partial charge in [-0.25, -0.2) is 4.79 Å². The lowest BCUT2D eigenvalue weighted by molar-refractivity contribution is -0.137. The molecule has 0 radical (unpaired) electrons. The van der Waals surface area contributed by atoms with Crippen molar-refractivity contribution in [3.63, 3.8) is 0 Å². The van der Waals surface area contributed by atoms with E-state index in [2.05, 4.69) is 4.98 Å². The lowest BCUT2D eigenvalue weighted by Gasteiger charge is -2.05. The molecular weight excluding hydrogens is 248 g/mol. The summed E-state index contributed by atoms with van der Waals surface area (Å²) < 4.78 is 0.974. The molecule has 1 aromatic carbocycles. The van der Waals surface area contributed by atoms with Crippen molar-refractivity contribution in [2.75, 3.05) is 0 Å². The molecule has 6 heteroatoms. The summed E-state index contributed by atoms with van der Waals surface area (Å²) >= 11 is 0. The number of carboxylic acids is 1. The lowest BCUT2D eigenvalue weighted by atomic mass is 10.1. The molecule has 2 N–H and O–H groups in total. The molecule has 0 aliphatic carbocycles. The van der Waals surface area contributed by atoms with Crippen LogP contribution in [0.5, 0.6) is 0 Å². The third kappa shape index (κ3) is 3.19. The third-order valence-electron chi connectivity index (χ3n) is 2.63. The highest BCUT2D eigenvalue weighted by molar-refractivity contribution is 5.66. The number of aliphatic carboxylic acids is 1. The van der Waals surface area contributed by atoms with Gasteiger partial charge >= 0.3 is 11.7 Å². The van der Waals surface area contributed by atoms with Crippen molar-refractivity contribution < 1.29 is 9.90 Å². The van der Waals surface area contributed by atoms with E-state index in [1.807, 2.05) is 30.3 Å². The van der Waals surface area contributed by atoms with Gasteiger partial charge in [-0.15, -0.1) is 0 Å². The Labute approximate surface area is 108 Å². The number of benzene rings is 1. The quantitative estimate of drug-likeness (QED) is 0.822. The van der Waals surface area contributed by atoms with E-state index in [9.17, 15) is 14.4 Å². The standard InChI is InChI=1S/C13H12N2O4/c16-11(17)8-15-7-10(12(18)14-13(15)19)6-9-4-2-1-3-5-9/h1-5,7H,6,8H2,(H,16,17)(H,14,18,19). The number of nitrogens with zero attached hydrogens (tertiary/aromatic N) is 1. The van der Waals surface area contributed by atoms with E-state index in [1.54, 1.807) is 0 Å². The number of nitrogens with one attached hydrogen (secondary N) is 1. The van der Waals surface area contributed by atoms with Gasteiger partial charge in [-0.1, -0.05) is 30.3 Å². The summed E-state index contributed by atoms with van der Waals surface area (Å²) in [6.45, 7) is -0.475. The van der Waals surface area contributed by atoms with Crippen LogP contribution in [0, 0.1) is 0 Å². The smallest absolute Gasteiger partial charge is 0.328 e. The predicted octanol–water partition coefficient (Wildman–Crippen LogP) is 0.212. The van der Waals surface area contributed by atoms with E-state index < -0.39 is 23.8 Å². The Bertz CT molecular complexity index is 701. The van der Waals surface area contributed by atoms with Gasteiger partial charge in [0.1, 0.15) is 6.54 Å². The molecule has 0 aliphatic rings. The zero-order valence-electron chi connectivity index (χ0n) is 10.00. The molecule has 2 rings (SSSR count). The summed E-state index contributed by atoms with van der Waals surface area (Å²) in [5.74, 6) is -1.14. The van der Waals surface area contributed by atoms with Crippen LogP contribution in [0.3, 0.4) is 0 Å². The molecule has 0 aliphatic heterocycles. The van der Waals surface area contributed by atoms with Crippen molar-refractivity contribution in [1.29, 1.82) is 0 Å². The number of hydrogen-bond acceptors (Lipinski definition) is 3. The SMILES string of the molecule is O=C(O)Cn1cc(Cc2ccccc2)c(=O)[nH]c1=O. The van der Waals surface area contributed by atoms with Crippen LogP contribution in [0.1, 0.15) is 11.1 Å². The fourth-order valence-corrected chi connectivity index (χ4v) is 1.76. The van der Waals surface area contributed by atoms with Crippen LogP contribution in [-0.2, 0) is 17.8 Å². The zero-order valence-corrected chi connectivity index (χ0v) is 10.00. The molecule has 0 unspecified atom stereocenters. The molecular formula is C13H12N2O4. The van der Waals surface area contributed by atoms with E-state index in [0.29, 0.717) is 12.0 Å². The van der Waals surface area contributed by atoms with E-state index in [1.165, 1.54) is 6.20 Å². The lowest BCUT2D eigenvalue weighted by Crippen LogP contribution is -2.33. The first-order valence-electron chi connectivity index (χ1n) is 5.64. The van der Waals surface area contributed by atoms with E-state index in [-0.39, 0.29) is 0 Å². The molecule has 98 valence electrons. The Morgan fingerprint density at radius 3 is 2.53 bits per heavy atom. The van der Waals surface area contributed by atoms with E-state index >= 15 is 0 Å². The summed E-state index contributed by atoms with van der Waals surface area (Å²) in [6, 6.07) is 9.25. The molecule has 0 saturated carbocycles. The second kappa shape index (κ2) is 5.34. The van der Waals surface area contributed by atoms with E-state index in [4.69, 9.17) is 5.11 Å². The highest BCUT2D eigenvalue weighted by Crippen LogP contribution is 2.04. The Balaban J connectivity index is 2.38. The van der Waals surface area contributed by atoms with Crippen LogP contribution in [0.2, 0.25) is 0 Å². The van der Waals surface area contributed by atoms with Gasteiger partial charge in [-0.3, -0.25) is 19.1 Å². The van der Waals surface area contributed by atoms with Crippen molar-refractivity contribution in [3.8, 4) is 0 Å². The fraction of sp³-hybridized carbons (Fsp3) is 0.154. The molecule has 1 aromatic heterocycles. The highest BCUT2D eigenvalue weighted by Gasteiger charge is 2.08. The highest BCUT2D eigenvalue weighted by atomic mass is 16.4. The molecule has 0 bridgehead atoms. The number of carboxylic acid groups (broad SMARTS) is 1. The summed E-state index contributed by atoms with van der Waals surface area (Å²) in [5, 5.41) is 8.69. The minimum atomic E-state index is -1.14. The Hall–Kier alpha value is -2.63. The van der Waals surface area contributed by atoms with Crippen LogP contribution >= 0.6 is 0 Å². The molecule has 0 fully saturated rings. The van der Waals surface area contributed by atoms with Gasteiger partial charge in [0, 0.05) is 18.2 Å². The van der Waals surface area contributed by atoms with Crippen molar-refractivity contribution >= 4 is 5.97 Å². The van der Waals surface area contributed by atoms with Gasteiger partial charge in [0.25, 0.3) is 5.56 Å². The largest absolute Gasteiger partial charge is 0.480 e. The zero-order chi connectivity index (χ0) is 13.8. The summed E-state index contributed by atoms with van der Waals surface area (Å²) in [6.07, 6.45) is 1.64. The average molecular weight is 260 g/mol. The molecule has 2 aromatic rings. The normalized spacial score (nSPS) is 10.3. The molecule has 6 nitrogen and oxygen atoms in total. The van der Waals surface area contributed by atoms with Gasteiger partial charge in [-0.05, 0) is 5.56 Å². The third-order valence-corrected chi connectivity index (χ3v) is 2.63. The number of carbonyl (C=O) groups is 1. The number of hydrogen-bond donors (Lipinski definition) is 2. The number of aromatic nitrogens is 2. The van der Waals surface area contributed by atoms with Crippen molar-refractivity contribution in [2.24, 2.45) is 0 Å². The first-order valence-corrected chi connectivity index (χ1v) is 5.64. The Morgan fingerprint density at radius 1 is 1.21 bits per heavy atom. The Morgan fingerprint density at radius 2 is 1.89 bits per heavy atom. The Kier molecular flexibility index (Phi) is 3.61. The van der Waals surface area contributed by atoms with Gasteiger partial charge in [0.2, 0.25) is 0 Å². The summed E-state index contributed by atoms with van der Waals surface area (Å²) in [7, 11) is 0. The number of aromatic amines is 1. The fourth-order valence-electron chi connectivity index (χ4n) is 1.76. The van der Waals surface area contributed by atoms with E-state index in [0.717, 1.165) is 10.1 Å². The minimum Gasteiger partial charge on any atom is -0.480 e. The van der Waals surface area contributed by atoms with Crippen LogP contribution in [0.4, 0.5) is 0 Å². The van der Waals surface area contributed by atoms with Crippen LogP contribution in [0.25, 0.3) is 0 Å². The molecule has 19 heavy (non-hydrogen) atoms.